The molecule has 1 aromatic heterocycles. The van der Waals surface area contributed by atoms with E-state index in [0.29, 0.717) is 0 Å². The van der Waals surface area contributed by atoms with Gasteiger partial charge in [0.25, 0.3) is 0 Å². The van der Waals surface area contributed by atoms with Gasteiger partial charge >= 0.3 is 0 Å². The molecule has 1 nitrogen and oxygen atoms in total. The van der Waals surface area contributed by atoms with Crippen LogP contribution in [0.1, 0.15) is 44.5 Å². The molecule has 9 aromatic rings. The summed E-state index contributed by atoms with van der Waals surface area (Å²) in [7, 11) is 0. The van der Waals surface area contributed by atoms with Crippen LogP contribution in [-0.4, -0.2) is 0 Å². The Morgan fingerprint density at radius 1 is 0.283 bits per heavy atom. The maximum atomic E-state index is 6.32. The Bertz CT molecular complexity index is 2840. The van der Waals surface area contributed by atoms with E-state index >= 15 is 0 Å². The summed E-state index contributed by atoms with van der Waals surface area (Å²) < 4.78 is 6.32. The van der Waals surface area contributed by atoms with Crippen LogP contribution in [0.4, 0.5) is 0 Å². The van der Waals surface area contributed by atoms with Crippen molar-refractivity contribution in [2.24, 2.45) is 0 Å². The second-order valence-corrected chi connectivity index (χ2v) is 15.1. The third-order valence-electron chi connectivity index (χ3n) is 12.5. The minimum absolute atomic E-state index is 0.926. The molecule has 0 atom stereocenters. The van der Waals surface area contributed by atoms with Gasteiger partial charge in [-0.3, -0.25) is 0 Å². The highest BCUT2D eigenvalue weighted by atomic mass is 16.3. The number of rotatable bonds is 4. The number of fused-ring (bicyclic) bond motifs is 5. The minimum atomic E-state index is 0.926. The smallest absolute Gasteiger partial charge is 0.135 e. The molecule has 0 amide bonds. The van der Waals surface area contributed by atoms with E-state index in [1.165, 1.54) is 111 Å². The van der Waals surface area contributed by atoms with E-state index in [1.54, 1.807) is 0 Å². The largest absolute Gasteiger partial charge is 0.456 e. The topological polar surface area (TPSA) is 13.1 Å². The molecule has 0 radical (unpaired) electrons. The van der Waals surface area contributed by atoms with Crippen molar-refractivity contribution in [2.45, 2.75) is 55.4 Å². The summed E-state index contributed by atoms with van der Waals surface area (Å²) in [4.78, 5) is 0. The lowest BCUT2D eigenvalue weighted by atomic mass is 9.76. The third-order valence-corrected chi connectivity index (χ3v) is 12.5. The van der Waals surface area contributed by atoms with E-state index in [9.17, 15) is 0 Å². The van der Waals surface area contributed by atoms with Crippen molar-refractivity contribution in [1.29, 1.82) is 0 Å². The first-order valence-corrected chi connectivity index (χ1v) is 18.8. The molecular formula is C52H44O. The molecule has 8 aromatic carbocycles. The van der Waals surface area contributed by atoms with Gasteiger partial charge in [0.05, 0.1) is 0 Å². The van der Waals surface area contributed by atoms with Gasteiger partial charge in [-0.25, -0.2) is 0 Å². The van der Waals surface area contributed by atoms with E-state index < -0.39 is 0 Å². The van der Waals surface area contributed by atoms with Crippen LogP contribution in [0.3, 0.4) is 0 Å². The number of hydrogen-bond donors (Lipinski definition) is 0. The van der Waals surface area contributed by atoms with Crippen molar-refractivity contribution in [3.63, 3.8) is 0 Å². The van der Waals surface area contributed by atoms with E-state index in [-0.39, 0.29) is 0 Å². The lowest BCUT2D eigenvalue weighted by molar-refractivity contribution is 0.669. The predicted octanol–water partition coefficient (Wildman–Crippen LogP) is 15.0. The molecule has 1 heteroatoms. The van der Waals surface area contributed by atoms with Gasteiger partial charge in [0, 0.05) is 10.8 Å². The first kappa shape index (κ1) is 33.0. The van der Waals surface area contributed by atoms with Crippen molar-refractivity contribution < 1.29 is 4.42 Å². The van der Waals surface area contributed by atoms with Gasteiger partial charge in [-0.2, -0.15) is 0 Å². The van der Waals surface area contributed by atoms with Crippen molar-refractivity contribution >= 4 is 43.5 Å². The number of hydrogen-bond acceptors (Lipinski definition) is 1. The van der Waals surface area contributed by atoms with Crippen LogP contribution in [0.25, 0.3) is 88.0 Å². The Morgan fingerprint density at radius 3 is 1.13 bits per heavy atom. The standard InChI is InChI=1S/C52H44O/c1-29-31(3)35(7)49-47(33(29)5)51(41-24-22-40(23-25-41)39-20-18-38(19-21-39)37-14-10-9-11-15-37)48-34(6)30(2)32(4)36(8)50(48)52(49)42-26-27-46-44(28-42)43-16-12-13-17-45(43)53-46/h9-28H,1-8H3. The van der Waals surface area contributed by atoms with Crippen molar-refractivity contribution in [1.82, 2.24) is 0 Å². The molecule has 0 spiro atoms. The van der Waals surface area contributed by atoms with E-state index in [1.807, 2.05) is 6.07 Å². The average Bonchev–Trinajstić information content (AvgIpc) is 3.58. The highest BCUT2D eigenvalue weighted by Gasteiger charge is 2.26. The molecule has 0 fully saturated rings. The molecule has 0 saturated carbocycles. The Kier molecular flexibility index (Phi) is 7.68. The Labute approximate surface area is 312 Å². The monoisotopic (exact) mass is 684 g/mol. The van der Waals surface area contributed by atoms with Crippen LogP contribution < -0.4 is 0 Å². The number of benzene rings is 8. The lowest BCUT2D eigenvalue weighted by Gasteiger charge is -2.27. The van der Waals surface area contributed by atoms with Crippen LogP contribution >= 0.6 is 0 Å². The molecule has 0 bridgehead atoms. The van der Waals surface area contributed by atoms with Gasteiger partial charge in [-0.1, -0.05) is 103 Å². The first-order valence-electron chi connectivity index (χ1n) is 18.8. The normalized spacial score (nSPS) is 11.8. The van der Waals surface area contributed by atoms with Gasteiger partial charge in [0.2, 0.25) is 0 Å². The number of para-hydroxylation sites is 1. The first-order chi connectivity index (χ1) is 25.6. The maximum Gasteiger partial charge on any atom is 0.135 e. The molecule has 258 valence electrons. The van der Waals surface area contributed by atoms with Gasteiger partial charge in [-0.05, 0) is 184 Å². The highest BCUT2D eigenvalue weighted by molar-refractivity contribution is 6.26. The lowest BCUT2D eigenvalue weighted by Crippen LogP contribution is -2.03. The van der Waals surface area contributed by atoms with Crippen molar-refractivity contribution in [3.8, 4) is 44.5 Å². The van der Waals surface area contributed by atoms with Crippen LogP contribution in [0.2, 0.25) is 0 Å². The van der Waals surface area contributed by atoms with Crippen LogP contribution in [-0.2, 0) is 0 Å². The zero-order valence-corrected chi connectivity index (χ0v) is 32.0. The SMILES string of the molecule is Cc1c(C)c(C)c2c(-c3ccc4oc5ccccc5c4c3)c3c(C)c(C)c(C)c(C)c3c(-c3ccc(-c4ccc(-c5ccccc5)cc4)cc3)c2c1C. The third kappa shape index (κ3) is 4.98. The van der Waals surface area contributed by atoms with E-state index in [2.05, 4.69) is 171 Å². The second kappa shape index (κ2) is 12.3. The van der Waals surface area contributed by atoms with Gasteiger partial charge in [-0.15, -0.1) is 0 Å². The Morgan fingerprint density at radius 2 is 0.642 bits per heavy atom. The summed E-state index contributed by atoms with van der Waals surface area (Å²) in [6.07, 6.45) is 0. The fraction of sp³-hybridized carbons (Fsp3) is 0.154. The summed E-state index contributed by atoms with van der Waals surface area (Å²) in [6, 6.07) is 44.1. The molecule has 0 aliphatic carbocycles. The molecule has 9 rings (SSSR count). The van der Waals surface area contributed by atoms with Crippen LogP contribution in [0.5, 0.6) is 0 Å². The summed E-state index contributed by atoms with van der Waals surface area (Å²) >= 11 is 0. The number of aryl methyl sites for hydroxylation is 4. The minimum Gasteiger partial charge on any atom is -0.456 e. The predicted molar refractivity (Wildman–Crippen MR) is 228 cm³/mol. The second-order valence-electron chi connectivity index (χ2n) is 15.1. The maximum absolute atomic E-state index is 6.32. The Hall–Kier alpha value is -5.92. The molecule has 0 N–H and O–H groups in total. The highest BCUT2D eigenvalue weighted by Crippen LogP contribution is 2.51. The van der Waals surface area contributed by atoms with Crippen molar-refractivity contribution in [2.75, 3.05) is 0 Å². The molecule has 53 heavy (non-hydrogen) atoms. The fourth-order valence-corrected chi connectivity index (χ4v) is 8.90. The van der Waals surface area contributed by atoms with Gasteiger partial charge in [0.1, 0.15) is 11.2 Å². The zero-order valence-electron chi connectivity index (χ0n) is 32.0. The van der Waals surface area contributed by atoms with Crippen LogP contribution in [0, 0.1) is 55.4 Å². The fourth-order valence-electron chi connectivity index (χ4n) is 8.90. The molecule has 0 saturated heterocycles. The average molecular weight is 685 g/mol. The van der Waals surface area contributed by atoms with Crippen LogP contribution in [0.15, 0.2) is 126 Å². The summed E-state index contributed by atoms with van der Waals surface area (Å²) in [5, 5.41) is 7.74. The van der Waals surface area contributed by atoms with E-state index in [0.717, 1.165) is 21.9 Å². The molecule has 0 unspecified atom stereocenters. The molecular weight excluding hydrogens is 641 g/mol. The molecule has 1 heterocycles. The molecule has 0 aliphatic heterocycles. The summed E-state index contributed by atoms with van der Waals surface area (Å²) in [5.74, 6) is 0. The summed E-state index contributed by atoms with van der Waals surface area (Å²) in [6.45, 7) is 18.5. The Balaban J connectivity index is 1.35. The van der Waals surface area contributed by atoms with E-state index in [4.69, 9.17) is 4.42 Å². The quantitative estimate of drug-likeness (QED) is 0.168. The molecule has 0 aliphatic rings. The van der Waals surface area contributed by atoms with Gasteiger partial charge < -0.3 is 4.42 Å². The zero-order chi connectivity index (χ0) is 36.7. The van der Waals surface area contributed by atoms with Crippen molar-refractivity contribution in [3.05, 3.63) is 166 Å². The van der Waals surface area contributed by atoms with Gasteiger partial charge in [0.15, 0.2) is 0 Å². The number of furan rings is 1. The summed E-state index contributed by atoms with van der Waals surface area (Å²) in [5.41, 5.74) is 22.8.